The Labute approximate surface area is 159 Å². The maximum absolute atomic E-state index is 13.2. The molecule has 27 heavy (non-hydrogen) atoms. The van der Waals surface area contributed by atoms with Crippen LogP contribution in [0, 0.1) is 5.82 Å². The molecule has 0 aliphatic carbocycles. The zero-order valence-corrected chi connectivity index (χ0v) is 16.1. The van der Waals surface area contributed by atoms with Gasteiger partial charge in [-0.05, 0) is 42.5 Å². The summed E-state index contributed by atoms with van der Waals surface area (Å²) in [7, 11) is -2.03. The van der Waals surface area contributed by atoms with E-state index >= 15 is 0 Å². The van der Waals surface area contributed by atoms with E-state index in [1.165, 1.54) is 18.2 Å². The van der Waals surface area contributed by atoms with Crippen molar-refractivity contribution in [3.8, 4) is 5.75 Å². The van der Waals surface area contributed by atoms with Crippen molar-refractivity contribution in [2.45, 2.75) is 4.90 Å². The van der Waals surface area contributed by atoms with E-state index in [0.717, 1.165) is 43.7 Å². The first kappa shape index (κ1) is 19.6. The van der Waals surface area contributed by atoms with Gasteiger partial charge in [0.05, 0.1) is 12.0 Å². The predicted molar refractivity (Wildman–Crippen MR) is 103 cm³/mol. The zero-order valence-electron chi connectivity index (χ0n) is 15.3. The lowest BCUT2D eigenvalue weighted by molar-refractivity contribution is 0.262. The Morgan fingerprint density at radius 3 is 2.41 bits per heavy atom. The number of piperazine rings is 1. The third kappa shape index (κ3) is 5.18. The van der Waals surface area contributed by atoms with Gasteiger partial charge < -0.3 is 9.64 Å². The summed E-state index contributed by atoms with van der Waals surface area (Å²) in [6.07, 6.45) is 0. The molecular weight excluding hydrogens is 369 g/mol. The van der Waals surface area contributed by atoms with Gasteiger partial charge in [0.15, 0.2) is 0 Å². The zero-order chi connectivity index (χ0) is 19.3. The fourth-order valence-electron chi connectivity index (χ4n) is 3.08. The molecule has 0 aromatic heterocycles. The Hall–Kier alpha value is -2.16. The molecule has 1 heterocycles. The van der Waals surface area contributed by atoms with E-state index in [4.69, 9.17) is 4.74 Å². The van der Waals surface area contributed by atoms with Gasteiger partial charge >= 0.3 is 0 Å². The van der Waals surface area contributed by atoms with Crippen molar-refractivity contribution in [3.63, 3.8) is 0 Å². The molecule has 2 aromatic rings. The van der Waals surface area contributed by atoms with Gasteiger partial charge in [-0.1, -0.05) is 6.07 Å². The number of methoxy groups -OCH3 is 1. The van der Waals surface area contributed by atoms with Gasteiger partial charge in [0.2, 0.25) is 10.0 Å². The first-order chi connectivity index (χ1) is 13.0. The summed E-state index contributed by atoms with van der Waals surface area (Å²) in [5.41, 5.74) is 1.15. The van der Waals surface area contributed by atoms with Gasteiger partial charge in [-0.3, -0.25) is 4.90 Å². The topological polar surface area (TPSA) is 61.9 Å². The lowest BCUT2D eigenvalue weighted by Crippen LogP contribution is -2.48. The van der Waals surface area contributed by atoms with Crippen molar-refractivity contribution in [3.05, 3.63) is 54.3 Å². The molecule has 0 amide bonds. The Morgan fingerprint density at radius 2 is 1.78 bits per heavy atom. The number of anilines is 1. The Bertz CT molecular complexity index is 851. The fraction of sp³-hybridized carbons (Fsp3) is 0.368. The van der Waals surface area contributed by atoms with E-state index in [1.54, 1.807) is 7.11 Å². The van der Waals surface area contributed by atoms with Crippen LogP contribution in [0.15, 0.2) is 53.4 Å². The molecule has 146 valence electrons. The number of nitrogens with zero attached hydrogens (tertiary/aromatic N) is 2. The van der Waals surface area contributed by atoms with E-state index in [1.807, 2.05) is 24.3 Å². The van der Waals surface area contributed by atoms with Gasteiger partial charge in [0.1, 0.15) is 11.6 Å². The average Bonchev–Trinajstić information content (AvgIpc) is 2.68. The van der Waals surface area contributed by atoms with Crippen LogP contribution in [0.3, 0.4) is 0 Å². The molecule has 0 unspecified atom stereocenters. The molecule has 1 aliphatic heterocycles. The van der Waals surface area contributed by atoms with Crippen LogP contribution in [0.1, 0.15) is 0 Å². The lowest BCUT2D eigenvalue weighted by atomic mass is 10.2. The lowest BCUT2D eigenvalue weighted by Gasteiger charge is -2.36. The molecule has 3 rings (SSSR count). The van der Waals surface area contributed by atoms with Crippen LogP contribution in [-0.2, 0) is 10.0 Å². The summed E-state index contributed by atoms with van der Waals surface area (Å²) in [5, 5.41) is 0. The van der Waals surface area contributed by atoms with Crippen LogP contribution in [0.25, 0.3) is 0 Å². The molecule has 1 saturated heterocycles. The highest BCUT2D eigenvalue weighted by Crippen LogP contribution is 2.20. The van der Waals surface area contributed by atoms with Gasteiger partial charge in [0, 0.05) is 45.0 Å². The van der Waals surface area contributed by atoms with Gasteiger partial charge in [-0.15, -0.1) is 0 Å². The molecule has 1 aliphatic rings. The Kier molecular flexibility index (Phi) is 6.30. The largest absolute Gasteiger partial charge is 0.497 e. The third-order valence-electron chi connectivity index (χ3n) is 4.64. The molecule has 8 heteroatoms. The van der Waals surface area contributed by atoms with Crippen LogP contribution in [0.4, 0.5) is 10.1 Å². The van der Waals surface area contributed by atoms with Gasteiger partial charge in [0.25, 0.3) is 0 Å². The van der Waals surface area contributed by atoms with E-state index < -0.39 is 15.8 Å². The highest BCUT2D eigenvalue weighted by Gasteiger charge is 2.19. The SMILES string of the molecule is COc1ccc(N2CCN(CCNS(=O)(=O)c3cccc(F)c3)CC2)cc1. The highest BCUT2D eigenvalue weighted by atomic mass is 32.2. The van der Waals surface area contributed by atoms with Crippen molar-refractivity contribution in [1.82, 2.24) is 9.62 Å². The first-order valence-electron chi connectivity index (χ1n) is 8.84. The number of ether oxygens (including phenoxy) is 1. The summed E-state index contributed by atoms with van der Waals surface area (Å²) in [6, 6.07) is 13.0. The molecule has 1 N–H and O–H groups in total. The number of hydrogen-bond acceptors (Lipinski definition) is 5. The Morgan fingerprint density at radius 1 is 1.07 bits per heavy atom. The molecule has 2 aromatic carbocycles. The van der Waals surface area contributed by atoms with Crippen LogP contribution < -0.4 is 14.4 Å². The van der Waals surface area contributed by atoms with Crippen molar-refractivity contribution >= 4 is 15.7 Å². The maximum Gasteiger partial charge on any atom is 0.240 e. The van der Waals surface area contributed by atoms with E-state index in [0.29, 0.717) is 13.1 Å². The number of halogens is 1. The maximum atomic E-state index is 13.2. The van der Waals surface area contributed by atoms with Crippen LogP contribution in [0.2, 0.25) is 0 Å². The molecule has 0 bridgehead atoms. The van der Waals surface area contributed by atoms with Crippen molar-refractivity contribution in [2.24, 2.45) is 0 Å². The number of benzene rings is 2. The smallest absolute Gasteiger partial charge is 0.240 e. The number of sulfonamides is 1. The Balaban J connectivity index is 1.45. The summed E-state index contributed by atoms with van der Waals surface area (Å²) in [4.78, 5) is 4.47. The molecule has 0 atom stereocenters. The second kappa shape index (κ2) is 8.69. The number of nitrogens with one attached hydrogen (secondary N) is 1. The molecule has 6 nitrogen and oxygen atoms in total. The van der Waals surface area contributed by atoms with Crippen LogP contribution in [-0.4, -0.2) is 59.7 Å². The predicted octanol–water partition coefficient (Wildman–Crippen LogP) is 1.93. The standard InChI is InChI=1S/C19H24FN3O3S/c1-26-18-7-5-17(6-8-18)23-13-11-22(12-14-23)10-9-21-27(24,25)19-4-2-3-16(20)15-19/h2-8,15,21H,9-14H2,1H3. The first-order valence-corrected chi connectivity index (χ1v) is 10.3. The molecular formula is C19H24FN3O3S. The fourth-order valence-corrected chi connectivity index (χ4v) is 4.13. The van der Waals surface area contributed by atoms with Gasteiger partial charge in [-0.2, -0.15) is 0 Å². The quantitative estimate of drug-likeness (QED) is 0.779. The summed E-state index contributed by atoms with van der Waals surface area (Å²) in [5.74, 6) is 0.274. The highest BCUT2D eigenvalue weighted by molar-refractivity contribution is 7.89. The third-order valence-corrected chi connectivity index (χ3v) is 6.10. The normalized spacial score (nSPS) is 15.7. The number of rotatable bonds is 7. The van der Waals surface area contributed by atoms with Crippen LogP contribution in [0.5, 0.6) is 5.75 Å². The van der Waals surface area contributed by atoms with Crippen molar-refractivity contribution < 1.29 is 17.5 Å². The molecule has 0 spiro atoms. The second-order valence-electron chi connectivity index (χ2n) is 6.38. The monoisotopic (exact) mass is 393 g/mol. The van der Waals surface area contributed by atoms with E-state index in [-0.39, 0.29) is 4.90 Å². The van der Waals surface area contributed by atoms with Crippen molar-refractivity contribution in [2.75, 3.05) is 51.3 Å². The molecule has 1 fully saturated rings. The second-order valence-corrected chi connectivity index (χ2v) is 8.15. The minimum Gasteiger partial charge on any atom is -0.497 e. The molecule has 0 saturated carbocycles. The minimum absolute atomic E-state index is 0.0492. The summed E-state index contributed by atoms with van der Waals surface area (Å²) in [6.45, 7) is 4.37. The summed E-state index contributed by atoms with van der Waals surface area (Å²) < 4.78 is 45.3. The minimum atomic E-state index is -3.68. The number of hydrogen-bond donors (Lipinski definition) is 1. The van der Waals surface area contributed by atoms with E-state index in [2.05, 4.69) is 14.5 Å². The average molecular weight is 393 g/mol. The van der Waals surface area contributed by atoms with Crippen molar-refractivity contribution in [1.29, 1.82) is 0 Å². The van der Waals surface area contributed by atoms with Gasteiger partial charge in [-0.25, -0.2) is 17.5 Å². The molecule has 0 radical (unpaired) electrons. The van der Waals surface area contributed by atoms with Crippen LogP contribution >= 0.6 is 0 Å². The summed E-state index contributed by atoms with van der Waals surface area (Å²) >= 11 is 0. The van der Waals surface area contributed by atoms with E-state index in [9.17, 15) is 12.8 Å².